The molecule has 0 aliphatic carbocycles. The maximum atomic E-state index is 13.0. The van der Waals surface area contributed by atoms with Crippen LogP contribution in [0.4, 0.5) is 0 Å². The minimum absolute atomic E-state index is 0.142. The molecule has 2 aromatic rings. The Bertz CT molecular complexity index is 935. The van der Waals surface area contributed by atoms with Gasteiger partial charge in [0.1, 0.15) is 5.69 Å². The number of benzene rings is 1. The highest BCUT2D eigenvalue weighted by Crippen LogP contribution is 2.46. The van der Waals surface area contributed by atoms with Gasteiger partial charge in [0.05, 0.1) is 33.1 Å². The van der Waals surface area contributed by atoms with Gasteiger partial charge in [-0.15, -0.1) is 0 Å². The third kappa shape index (κ3) is 2.21. The number of carbonyl (C=O) groups is 1. The zero-order chi connectivity index (χ0) is 17.9. The molecule has 1 saturated heterocycles. The summed E-state index contributed by atoms with van der Waals surface area (Å²) in [6.07, 6.45) is 1.51. The van der Waals surface area contributed by atoms with Crippen molar-refractivity contribution >= 4 is 40.0 Å². The maximum absolute atomic E-state index is 13.0. The molecular weight excluding hydrogens is 359 g/mol. The van der Waals surface area contributed by atoms with Crippen molar-refractivity contribution in [1.29, 1.82) is 5.26 Å². The summed E-state index contributed by atoms with van der Waals surface area (Å²) in [5.41, 5.74) is 1.48. The van der Waals surface area contributed by atoms with Crippen LogP contribution in [0.3, 0.4) is 0 Å². The molecule has 0 radical (unpaired) electrons. The van der Waals surface area contributed by atoms with E-state index in [1.165, 1.54) is 0 Å². The molecule has 4 rings (SSSR count). The van der Waals surface area contributed by atoms with Crippen LogP contribution in [0.5, 0.6) is 0 Å². The molecule has 1 atom stereocenters. The van der Waals surface area contributed by atoms with E-state index in [1.54, 1.807) is 17.7 Å². The van der Waals surface area contributed by atoms with Gasteiger partial charge in [0, 0.05) is 31.1 Å². The van der Waals surface area contributed by atoms with Gasteiger partial charge in [0.2, 0.25) is 0 Å². The van der Waals surface area contributed by atoms with Crippen LogP contribution in [0.1, 0.15) is 34.8 Å². The van der Waals surface area contributed by atoms with E-state index in [4.69, 9.17) is 23.2 Å². The van der Waals surface area contributed by atoms with Gasteiger partial charge in [-0.3, -0.25) is 4.79 Å². The van der Waals surface area contributed by atoms with Gasteiger partial charge in [0.25, 0.3) is 5.91 Å². The average Bonchev–Trinajstić information content (AvgIpc) is 2.88. The van der Waals surface area contributed by atoms with Crippen molar-refractivity contribution in [2.24, 2.45) is 7.05 Å². The number of nitriles is 1. The molecule has 0 bridgehead atoms. The summed E-state index contributed by atoms with van der Waals surface area (Å²) >= 11 is 12.6. The number of hydrogen-bond acceptors (Lipinski definition) is 3. The van der Waals surface area contributed by atoms with E-state index in [0.717, 1.165) is 36.9 Å². The highest BCUT2D eigenvalue weighted by Gasteiger charge is 2.50. The van der Waals surface area contributed by atoms with Gasteiger partial charge in [-0.25, -0.2) is 0 Å². The first-order chi connectivity index (χ1) is 11.9. The van der Waals surface area contributed by atoms with Crippen molar-refractivity contribution in [3.63, 3.8) is 0 Å². The topological polar surface area (TPSA) is 61.1 Å². The highest BCUT2D eigenvalue weighted by atomic mass is 35.5. The van der Waals surface area contributed by atoms with Gasteiger partial charge < -0.3 is 14.8 Å². The normalized spacial score (nSPS) is 22.7. The second-order valence-electron chi connectivity index (χ2n) is 7.05. The van der Waals surface area contributed by atoms with Crippen LogP contribution >= 0.6 is 23.2 Å². The van der Waals surface area contributed by atoms with Crippen LogP contribution in [0, 0.1) is 11.3 Å². The SMILES string of the molecule is CN1CCC2(CC1)NC(=O)c1c(c3ccc(Cl)c(Cl)c3n1C)C2C#N. The van der Waals surface area contributed by atoms with Gasteiger partial charge in [0.15, 0.2) is 0 Å². The number of piperidine rings is 1. The molecule has 3 heterocycles. The molecule has 1 N–H and O–H groups in total. The van der Waals surface area contributed by atoms with Gasteiger partial charge in [-0.1, -0.05) is 29.3 Å². The lowest BCUT2D eigenvalue weighted by atomic mass is 9.70. The molecule has 1 unspecified atom stereocenters. The maximum Gasteiger partial charge on any atom is 0.268 e. The van der Waals surface area contributed by atoms with Gasteiger partial charge >= 0.3 is 0 Å². The Morgan fingerprint density at radius 1 is 1.28 bits per heavy atom. The Balaban J connectivity index is 2.00. The largest absolute Gasteiger partial charge is 0.344 e. The molecule has 2 aliphatic heterocycles. The number of carbonyl (C=O) groups excluding carboxylic acids is 1. The van der Waals surface area contributed by atoms with Crippen molar-refractivity contribution in [3.8, 4) is 6.07 Å². The van der Waals surface area contributed by atoms with Crippen LogP contribution in [-0.4, -0.2) is 41.1 Å². The predicted molar refractivity (Wildman–Crippen MR) is 98.2 cm³/mol. The summed E-state index contributed by atoms with van der Waals surface area (Å²) in [4.78, 5) is 15.2. The second-order valence-corrected chi connectivity index (χ2v) is 7.84. The predicted octanol–water partition coefficient (Wildman–Crippen LogP) is 3.30. The van der Waals surface area contributed by atoms with E-state index in [1.807, 2.05) is 6.07 Å². The number of amides is 1. The Kier molecular flexibility index (Phi) is 3.77. The van der Waals surface area contributed by atoms with Crippen LogP contribution in [0.2, 0.25) is 10.0 Å². The molecule has 1 spiro atoms. The summed E-state index contributed by atoms with van der Waals surface area (Å²) in [5.74, 6) is -0.549. The zero-order valence-corrected chi connectivity index (χ0v) is 15.6. The number of aromatic nitrogens is 1. The Morgan fingerprint density at radius 2 is 1.96 bits per heavy atom. The fourth-order valence-corrected chi connectivity index (χ4v) is 4.77. The lowest BCUT2D eigenvalue weighted by molar-refractivity contribution is 0.0767. The molecule has 25 heavy (non-hydrogen) atoms. The Morgan fingerprint density at radius 3 is 2.60 bits per heavy atom. The number of fused-ring (bicyclic) bond motifs is 3. The summed E-state index contributed by atoms with van der Waals surface area (Å²) in [6, 6.07) is 6.07. The molecule has 7 heteroatoms. The third-order valence-electron chi connectivity index (χ3n) is 5.71. The van der Waals surface area contributed by atoms with E-state index < -0.39 is 11.5 Å². The monoisotopic (exact) mass is 376 g/mol. The fraction of sp³-hybridized carbons (Fsp3) is 0.444. The van der Waals surface area contributed by atoms with Crippen molar-refractivity contribution in [1.82, 2.24) is 14.8 Å². The number of likely N-dealkylation sites (tertiary alicyclic amines) is 1. The number of nitrogens with zero attached hydrogens (tertiary/aromatic N) is 3. The first-order valence-corrected chi connectivity index (χ1v) is 9.02. The molecule has 1 aromatic heterocycles. The number of nitrogens with one attached hydrogen (secondary N) is 1. The van der Waals surface area contributed by atoms with Crippen LogP contribution in [-0.2, 0) is 7.05 Å². The minimum Gasteiger partial charge on any atom is -0.344 e. The Labute approximate surface area is 156 Å². The molecule has 1 amide bonds. The quantitative estimate of drug-likeness (QED) is 0.767. The van der Waals surface area contributed by atoms with Gasteiger partial charge in [-0.2, -0.15) is 5.26 Å². The van der Waals surface area contributed by atoms with Crippen molar-refractivity contribution in [2.75, 3.05) is 20.1 Å². The standard InChI is InChI=1S/C18H18Cl2N4O/c1-23-7-5-18(6-8-23)11(9-21)13-10-3-4-12(19)14(20)15(10)24(2)16(13)17(25)22-18/h3-4,11H,5-8H2,1-2H3,(H,22,25). The van der Waals surface area contributed by atoms with E-state index in [0.29, 0.717) is 21.3 Å². The van der Waals surface area contributed by atoms with E-state index in [9.17, 15) is 10.1 Å². The van der Waals surface area contributed by atoms with Crippen LogP contribution in [0.25, 0.3) is 10.9 Å². The number of halogens is 2. The molecule has 5 nitrogen and oxygen atoms in total. The van der Waals surface area contributed by atoms with Gasteiger partial charge in [-0.05, 0) is 26.0 Å². The summed E-state index contributed by atoms with van der Waals surface area (Å²) < 4.78 is 1.76. The first-order valence-electron chi connectivity index (χ1n) is 8.26. The lowest BCUT2D eigenvalue weighted by Crippen LogP contribution is -2.60. The number of rotatable bonds is 0. The first kappa shape index (κ1) is 16.7. The Hall–Kier alpha value is -1.74. The molecule has 0 saturated carbocycles. The van der Waals surface area contributed by atoms with Crippen molar-refractivity contribution in [3.05, 3.63) is 33.4 Å². The molecule has 1 aromatic carbocycles. The van der Waals surface area contributed by atoms with Crippen molar-refractivity contribution < 1.29 is 4.79 Å². The lowest BCUT2D eigenvalue weighted by Gasteiger charge is -2.46. The zero-order valence-electron chi connectivity index (χ0n) is 14.1. The molecule has 2 aliphatic rings. The number of aryl methyl sites for hydroxylation is 1. The fourth-order valence-electron chi connectivity index (χ4n) is 4.33. The van der Waals surface area contributed by atoms with Crippen LogP contribution in [0.15, 0.2) is 12.1 Å². The second kappa shape index (κ2) is 5.63. The minimum atomic E-state index is -0.522. The third-order valence-corrected chi connectivity index (χ3v) is 6.51. The molecular formula is C18H18Cl2N4O. The highest BCUT2D eigenvalue weighted by molar-refractivity contribution is 6.45. The smallest absolute Gasteiger partial charge is 0.268 e. The van der Waals surface area contributed by atoms with E-state index in [-0.39, 0.29) is 5.91 Å². The number of hydrogen-bond donors (Lipinski definition) is 1. The summed E-state index contributed by atoms with van der Waals surface area (Å²) in [5, 5.41) is 14.9. The van der Waals surface area contributed by atoms with E-state index >= 15 is 0 Å². The van der Waals surface area contributed by atoms with Crippen LogP contribution < -0.4 is 5.32 Å². The summed E-state index contributed by atoms with van der Waals surface area (Å²) in [6.45, 7) is 1.70. The van der Waals surface area contributed by atoms with Crippen molar-refractivity contribution in [2.45, 2.75) is 24.3 Å². The van der Waals surface area contributed by atoms with E-state index in [2.05, 4.69) is 23.3 Å². The molecule has 130 valence electrons. The summed E-state index contributed by atoms with van der Waals surface area (Å²) in [7, 11) is 3.86. The average molecular weight is 377 g/mol. The molecule has 1 fully saturated rings.